The molecule has 80 valence electrons. The highest BCUT2D eigenvalue weighted by molar-refractivity contribution is 7.80. The van der Waals surface area contributed by atoms with Crippen molar-refractivity contribution in [3.63, 3.8) is 0 Å². The predicted molar refractivity (Wildman–Crippen MR) is 59.4 cm³/mol. The fourth-order valence-electron chi connectivity index (χ4n) is 1.22. The lowest BCUT2D eigenvalue weighted by atomic mass is 10.3. The Hall–Kier alpha value is -1.49. The third-order valence-electron chi connectivity index (χ3n) is 1.89. The van der Waals surface area contributed by atoms with Crippen molar-refractivity contribution in [2.75, 3.05) is 11.4 Å². The summed E-state index contributed by atoms with van der Waals surface area (Å²) < 4.78 is 0. The Morgan fingerprint density at radius 3 is 2.60 bits per heavy atom. The lowest BCUT2D eigenvalue weighted by Crippen LogP contribution is -2.36. The number of thiol groups is 1. The first-order valence-corrected chi connectivity index (χ1v) is 4.84. The number of anilines is 1. The van der Waals surface area contributed by atoms with Crippen LogP contribution in [-0.2, 0) is 9.59 Å². The summed E-state index contributed by atoms with van der Waals surface area (Å²) in [5, 5.41) is 8.60. The summed E-state index contributed by atoms with van der Waals surface area (Å²) in [4.78, 5) is 23.7. The quantitative estimate of drug-likeness (QED) is 0.591. The molecule has 0 aliphatic heterocycles. The van der Waals surface area contributed by atoms with Crippen LogP contribution in [0.25, 0.3) is 0 Å². The molecule has 4 nitrogen and oxygen atoms in total. The Balaban J connectivity index is 3.02. The molecule has 1 aromatic carbocycles. The van der Waals surface area contributed by atoms with Crippen LogP contribution in [0.3, 0.4) is 0 Å². The predicted octanol–water partition coefficient (Wildman–Crippen LogP) is 1.41. The molecule has 0 atom stereocenters. The zero-order valence-electron chi connectivity index (χ0n) is 8.17. The van der Waals surface area contributed by atoms with Crippen molar-refractivity contribution < 1.29 is 14.7 Å². The molecule has 0 unspecified atom stereocenters. The van der Waals surface area contributed by atoms with Crippen molar-refractivity contribution in [2.45, 2.75) is 11.8 Å². The molecule has 15 heavy (non-hydrogen) atoms. The lowest BCUT2D eigenvalue weighted by molar-refractivity contribution is -0.148. The Kier molecular flexibility index (Phi) is 3.74. The van der Waals surface area contributed by atoms with E-state index in [4.69, 9.17) is 5.11 Å². The molecule has 0 saturated carbocycles. The second-order valence-corrected chi connectivity index (χ2v) is 3.39. The number of amides is 1. The molecule has 0 bridgehead atoms. The molecule has 0 saturated heterocycles. The average Bonchev–Trinajstić information content (AvgIpc) is 2.18. The molecule has 1 rings (SSSR count). The fraction of sp³-hybridized carbons (Fsp3) is 0.200. The number of aliphatic carboxylic acids is 1. The summed E-state index contributed by atoms with van der Waals surface area (Å²) in [5.74, 6) is -2.39. The summed E-state index contributed by atoms with van der Waals surface area (Å²) in [5.41, 5.74) is 0.539. The molecule has 0 aliphatic rings. The van der Waals surface area contributed by atoms with E-state index in [-0.39, 0.29) is 0 Å². The van der Waals surface area contributed by atoms with Crippen LogP contribution < -0.4 is 4.90 Å². The van der Waals surface area contributed by atoms with E-state index in [0.717, 1.165) is 0 Å². The van der Waals surface area contributed by atoms with Gasteiger partial charge in [-0.2, -0.15) is 0 Å². The number of benzene rings is 1. The first-order valence-electron chi connectivity index (χ1n) is 4.40. The van der Waals surface area contributed by atoms with E-state index in [9.17, 15) is 9.59 Å². The number of likely N-dealkylation sites (N-methyl/N-ethyl adjacent to an activating group) is 1. The van der Waals surface area contributed by atoms with Crippen molar-refractivity contribution in [3.8, 4) is 0 Å². The van der Waals surface area contributed by atoms with Gasteiger partial charge in [-0.15, -0.1) is 12.6 Å². The first-order chi connectivity index (χ1) is 7.06. The van der Waals surface area contributed by atoms with Gasteiger partial charge in [0, 0.05) is 17.1 Å². The van der Waals surface area contributed by atoms with Crippen LogP contribution in [0, 0.1) is 0 Å². The van der Waals surface area contributed by atoms with E-state index in [1.807, 2.05) is 0 Å². The minimum atomic E-state index is -1.46. The Morgan fingerprint density at radius 2 is 2.13 bits per heavy atom. The highest BCUT2D eigenvalue weighted by atomic mass is 32.1. The highest BCUT2D eigenvalue weighted by Crippen LogP contribution is 2.18. The summed E-state index contributed by atoms with van der Waals surface area (Å²) in [7, 11) is 0. The topological polar surface area (TPSA) is 57.6 Å². The minimum absolute atomic E-state index is 0.308. The highest BCUT2D eigenvalue weighted by Gasteiger charge is 2.20. The van der Waals surface area contributed by atoms with Crippen LogP contribution in [-0.4, -0.2) is 23.5 Å². The molecule has 0 heterocycles. The molecule has 0 spiro atoms. The van der Waals surface area contributed by atoms with Gasteiger partial charge in [-0.1, -0.05) is 6.07 Å². The monoisotopic (exact) mass is 225 g/mol. The third-order valence-corrected chi connectivity index (χ3v) is 2.16. The molecule has 1 aromatic rings. The van der Waals surface area contributed by atoms with Gasteiger partial charge in [0.2, 0.25) is 0 Å². The van der Waals surface area contributed by atoms with Gasteiger partial charge in [0.1, 0.15) is 0 Å². The van der Waals surface area contributed by atoms with Crippen LogP contribution in [0.5, 0.6) is 0 Å². The van der Waals surface area contributed by atoms with E-state index in [2.05, 4.69) is 12.6 Å². The zero-order valence-corrected chi connectivity index (χ0v) is 9.07. The van der Waals surface area contributed by atoms with Gasteiger partial charge in [0.25, 0.3) is 0 Å². The second-order valence-electron chi connectivity index (χ2n) is 2.87. The van der Waals surface area contributed by atoms with Crippen molar-refractivity contribution >= 4 is 30.2 Å². The van der Waals surface area contributed by atoms with Crippen molar-refractivity contribution in [2.24, 2.45) is 0 Å². The number of carbonyl (C=O) groups is 2. The summed E-state index contributed by atoms with van der Waals surface area (Å²) in [6.07, 6.45) is 0. The van der Waals surface area contributed by atoms with E-state index in [1.54, 1.807) is 31.2 Å². The van der Waals surface area contributed by atoms with E-state index in [1.165, 1.54) is 4.90 Å². The van der Waals surface area contributed by atoms with E-state index < -0.39 is 11.9 Å². The molecule has 5 heteroatoms. The molecule has 0 radical (unpaired) electrons. The normalized spacial score (nSPS) is 9.73. The maximum absolute atomic E-state index is 11.3. The lowest BCUT2D eigenvalue weighted by Gasteiger charge is -2.18. The van der Waals surface area contributed by atoms with Crippen molar-refractivity contribution in [1.82, 2.24) is 0 Å². The molecule has 1 amide bonds. The number of carbonyl (C=O) groups excluding carboxylic acids is 1. The largest absolute Gasteiger partial charge is 0.474 e. The Labute approximate surface area is 92.9 Å². The van der Waals surface area contributed by atoms with E-state index >= 15 is 0 Å². The number of carboxylic acid groups (broad SMARTS) is 1. The molecule has 0 aliphatic carbocycles. The molecule has 0 fully saturated rings. The first kappa shape index (κ1) is 11.6. The number of rotatable bonds is 2. The molecule has 1 N–H and O–H groups in total. The van der Waals surface area contributed by atoms with Gasteiger partial charge in [-0.3, -0.25) is 4.79 Å². The summed E-state index contributed by atoms with van der Waals surface area (Å²) in [6.45, 7) is 2.02. The van der Waals surface area contributed by atoms with Crippen molar-refractivity contribution in [1.29, 1.82) is 0 Å². The number of hydrogen-bond acceptors (Lipinski definition) is 3. The molecular weight excluding hydrogens is 214 g/mol. The zero-order chi connectivity index (χ0) is 11.4. The smallest absolute Gasteiger partial charge is 0.394 e. The maximum Gasteiger partial charge on any atom is 0.394 e. The number of carboxylic acids is 1. The standard InChI is InChI=1S/C10H11NO3S/c1-2-11(9(12)10(13)14)7-4-3-5-8(15)6-7/h3-6,15H,2H2,1H3,(H,13,14). The second kappa shape index (κ2) is 4.84. The minimum Gasteiger partial charge on any atom is -0.474 e. The van der Waals surface area contributed by atoms with Gasteiger partial charge in [-0.05, 0) is 25.1 Å². The number of nitrogens with zero attached hydrogens (tertiary/aromatic N) is 1. The number of hydrogen-bond donors (Lipinski definition) is 2. The van der Waals surface area contributed by atoms with Gasteiger partial charge >= 0.3 is 11.9 Å². The van der Waals surface area contributed by atoms with Gasteiger partial charge in [0.15, 0.2) is 0 Å². The van der Waals surface area contributed by atoms with Gasteiger partial charge in [0.05, 0.1) is 0 Å². The Morgan fingerprint density at radius 1 is 1.47 bits per heavy atom. The van der Waals surface area contributed by atoms with Crippen LogP contribution in [0.4, 0.5) is 5.69 Å². The fourth-order valence-corrected chi connectivity index (χ4v) is 1.44. The SMILES string of the molecule is CCN(C(=O)C(=O)O)c1cccc(S)c1. The Bertz CT molecular complexity index is 392. The van der Waals surface area contributed by atoms with Crippen LogP contribution in [0.1, 0.15) is 6.92 Å². The molecular formula is C10H11NO3S. The third kappa shape index (κ3) is 2.73. The maximum atomic E-state index is 11.3. The summed E-state index contributed by atoms with van der Waals surface area (Å²) >= 11 is 4.12. The van der Waals surface area contributed by atoms with Crippen LogP contribution in [0.15, 0.2) is 29.2 Å². The van der Waals surface area contributed by atoms with Crippen molar-refractivity contribution in [3.05, 3.63) is 24.3 Å². The van der Waals surface area contributed by atoms with Crippen LogP contribution in [0.2, 0.25) is 0 Å². The van der Waals surface area contributed by atoms with Crippen LogP contribution >= 0.6 is 12.6 Å². The van der Waals surface area contributed by atoms with E-state index in [0.29, 0.717) is 17.1 Å². The summed E-state index contributed by atoms with van der Waals surface area (Å²) in [6, 6.07) is 6.79. The van der Waals surface area contributed by atoms with Gasteiger partial charge < -0.3 is 10.0 Å². The molecule has 0 aromatic heterocycles. The van der Waals surface area contributed by atoms with Gasteiger partial charge in [-0.25, -0.2) is 4.79 Å². The average molecular weight is 225 g/mol.